The smallest absolute Gasteiger partial charge is 0.289 e. The molecule has 0 aliphatic carbocycles. The SMILES string of the molecule is Cc1ccc(C)c(-c2cc(N)c(=O)n(C)n2)c1. The highest BCUT2D eigenvalue weighted by molar-refractivity contribution is 5.66. The summed E-state index contributed by atoms with van der Waals surface area (Å²) in [5, 5.41) is 4.23. The van der Waals surface area contributed by atoms with Crippen molar-refractivity contribution >= 4 is 5.69 Å². The third-order valence-corrected chi connectivity index (χ3v) is 2.76. The highest BCUT2D eigenvalue weighted by atomic mass is 16.1. The van der Waals surface area contributed by atoms with Crippen LogP contribution in [0.3, 0.4) is 0 Å². The van der Waals surface area contributed by atoms with Gasteiger partial charge in [-0.05, 0) is 31.5 Å². The standard InChI is InChI=1S/C13H15N3O/c1-8-4-5-9(2)10(6-8)12-7-11(14)13(17)16(3)15-12/h4-7H,14H2,1-3H3. The minimum atomic E-state index is -0.265. The van der Waals surface area contributed by atoms with Crippen LogP contribution in [0.15, 0.2) is 29.1 Å². The number of hydrogen-bond donors (Lipinski definition) is 1. The van der Waals surface area contributed by atoms with E-state index in [0.29, 0.717) is 0 Å². The molecule has 0 saturated carbocycles. The van der Waals surface area contributed by atoms with E-state index >= 15 is 0 Å². The van der Waals surface area contributed by atoms with Gasteiger partial charge in [0.05, 0.1) is 5.69 Å². The van der Waals surface area contributed by atoms with E-state index in [4.69, 9.17) is 5.73 Å². The minimum Gasteiger partial charge on any atom is -0.394 e. The first-order valence-corrected chi connectivity index (χ1v) is 5.40. The van der Waals surface area contributed by atoms with Crippen molar-refractivity contribution < 1.29 is 0 Å². The summed E-state index contributed by atoms with van der Waals surface area (Å²) in [6.45, 7) is 4.03. The first kappa shape index (κ1) is 11.4. The van der Waals surface area contributed by atoms with Gasteiger partial charge in [0.2, 0.25) is 0 Å². The Morgan fingerprint density at radius 3 is 2.59 bits per heavy atom. The molecule has 0 aliphatic heterocycles. The monoisotopic (exact) mass is 229 g/mol. The van der Waals surface area contributed by atoms with Crippen molar-refractivity contribution in [2.24, 2.45) is 7.05 Å². The first-order chi connectivity index (χ1) is 7.99. The quantitative estimate of drug-likeness (QED) is 0.808. The van der Waals surface area contributed by atoms with Gasteiger partial charge in [-0.15, -0.1) is 0 Å². The number of hydrogen-bond acceptors (Lipinski definition) is 3. The van der Waals surface area contributed by atoms with E-state index in [9.17, 15) is 4.79 Å². The predicted octanol–water partition coefficient (Wildman–Crippen LogP) is 1.65. The summed E-state index contributed by atoms with van der Waals surface area (Å²) in [6.07, 6.45) is 0. The molecule has 0 unspecified atom stereocenters. The van der Waals surface area contributed by atoms with Crippen LogP contribution in [0.5, 0.6) is 0 Å². The highest BCUT2D eigenvalue weighted by Gasteiger charge is 2.07. The molecule has 0 fully saturated rings. The lowest BCUT2D eigenvalue weighted by Gasteiger charge is -2.08. The van der Waals surface area contributed by atoms with Gasteiger partial charge in [-0.3, -0.25) is 4.79 Å². The van der Waals surface area contributed by atoms with Crippen LogP contribution >= 0.6 is 0 Å². The molecular weight excluding hydrogens is 214 g/mol. The Labute approximate surface area is 99.7 Å². The van der Waals surface area contributed by atoms with E-state index in [1.807, 2.05) is 32.0 Å². The zero-order valence-corrected chi connectivity index (χ0v) is 10.2. The van der Waals surface area contributed by atoms with Crippen molar-refractivity contribution in [3.8, 4) is 11.3 Å². The summed E-state index contributed by atoms with van der Waals surface area (Å²) in [4.78, 5) is 11.5. The van der Waals surface area contributed by atoms with Crippen LogP contribution in [0.4, 0.5) is 5.69 Å². The summed E-state index contributed by atoms with van der Waals surface area (Å²) >= 11 is 0. The van der Waals surface area contributed by atoms with Crippen LogP contribution in [0, 0.1) is 13.8 Å². The van der Waals surface area contributed by atoms with Crippen LogP contribution in [0.25, 0.3) is 11.3 Å². The lowest BCUT2D eigenvalue weighted by atomic mass is 10.0. The molecule has 1 aromatic heterocycles. The minimum absolute atomic E-state index is 0.221. The molecule has 0 spiro atoms. The second-order valence-corrected chi connectivity index (χ2v) is 4.23. The predicted molar refractivity (Wildman–Crippen MR) is 68.8 cm³/mol. The van der Waals surface area contributed by atoms with E-state index in [0.717, 1.165) is 22.4 Å². The molecular formula is C13H15N3O. The Hall–Kier alpha value is -2.10. The third kappa shape index (κ3) is 2.06. The molecule has 4 nitrogen and oxygen atoms in total. The van der Waals surface area contributed by atoms with E-state index < -0.39 is 0 Å². The van der Waals surface area contributed by atoms with Gasteiger partial charge in [0.1, 0.15) is 5.69 Å². The molecule has 88 valence electrons. The normalized spacial score (nSPS) is 10.5. The molecule has 2 N–H and O–H groups in total. The van der Waals surface area contributed by atoms with Crippen LogP contribution < -0.4 is 11.3 Å². The molecule has 2 aromatic rings. The van der Waals surface area contributed by atoms with Crippen LogP contribution in [-0.4, -0.2) is 9.78 Å². The largest absolute Gasteiger partial charge is 0.394 e. The average molecular weight is 229 g/mol. The van der Waals surface area contributed by atoms with Gasteiger partial charge >= 0.3 is 0 Å². The number of aryl methyl sites for hydroxylation is 3. The summed E-state index contributed by atoms with van der Waals surface area (Å²) in [7, 11) is 1.60. The molecule has 4 heteroatoms. The molecule has 0 bridgehead atoms. The third-order valence-electron chi connectivity index (χ3n) is 2.76. The second kappa shape index (κ2) is 4.05. The number of aromatic nitrogens is 2. The number of anilines is 1. The number of nitrogens with zero attached hydrogens (tertiary/aromatic N) is 2. The first-order valence-electron chi connectivity index (χ1n) is 5.40. The van der Waals surface area contributed by atoms with Crippen molar-refractivity contribution in [1.82, 2.24) is 9.78 Å². The van der Waals surface area contributed by atoms with E-state index in [2.05, 4.69) is 5.10 Å². The molecule has 1 heterocycles. The zero-order valence-electron chi connectivity index (χ0n) is 10.2. The lowest BCUT2D eigenvalue weighted by Crippen LogP contribution is -2.22. The highest BCUT2D eigenvalue weighted by Crippen LogP contribution is 2.22. The molecule has 2 rings (SSSR count). The maximum absolute atomic E-state index is 11.5. The number of nitrogen functional groups attached to an aromatic ring is 1. The van der Waals surface area contributed by atoms with E-state index in [-0.39, 0.29) is 11.2 Å². The van der Waals surface area contributed by atoms with Gasteiger partial charge in [0.25, 0.3) is 5.56 Å². The maximum atomic E-state index is 11.5. The molecule has 17 heavy (non-hydrogen) atoms. The number of benzene rings is 1. The Bertz CT molecular complexity index is 603. The van der Waals surface area contributed by atoms with Gasteiger partial charge in [-0.25, -0.2) is 4.68 Å². The fourth-order valence-electron chi connectivity index (χ4n) is 1.78. The topological polar surface area (TPSA) is 60.9 Å². The zero-order chi connectivity index (χ0) is 12.6. The summed E-state index contributed by atoms with van der Waals surface area (Å²) < 4.78 is 1.27. The van der Waals surface area contributed by atoms with Gasteiger partial charge in [0.15, 0.2) is 0 Å². The van der Waals surface area contributed by atoms with Crippen molar-refractivity contribution in [3.05, 3.63) is 45.7 Å². The number of nitrogens with two attached hydrogens (primary N) is 1. The fraction of sp³-hybridized carbons (Fsp3) is 0.231. The van der Waals surface area contributed by atoms with Crippen molar-refractivity contribution in [2.75, 3.05) is 5.73 Å². The van der Waals surface area contributed by atoms with Crippen molar-refractivity contribution in [3.63, 3.8) is 0 Å². The summed E-state index contributed by atoms with van der Waals surface area (Å²) in [5.74, 6) is 0. The van der Waals surface area contributed by atoms with Crippen LogP contribution in [-0.2, 0) is 7.05 Å². The van der Waals surface area contributed by atoms with E-state index in [1.54, 1.807) is 13.1 Å². The Balaban J connectivity index is 2.69. The van der Waals surface area contributed by atoms with Crippen molar-refractivity contribution in [2.45, 2.75) is 13.8 Å². The van der Waals surface area contributed by atoms with Crippen LogP contribution in [0.2, 0.25) is 0 Å². The average Bonchev–Trinajstić information content (AvgIpc) is 2.28. The maximum Gasteiger partial charge on any atom is 0.289 e. The van der Waals surface area contributed by atoms with Gasteiger partial charge in [0, 0.05) is 12.6 Å². The van der Waals surface area contributed by atoms with Crippen molar-refractivity contribution in [1.29, 1.82) is 0 Å². The van der Waals surface area contributed by atoms with Gasteiger partial charge < -0.3 is 5.73 Å². The Kier molecular flexibility index (Phi) is 2.71. The Morgan fingerprint density at radius 2 is 1.94 bits per heavy atom. The van der Waals surface area contributed by atoms with Gasteiger partial charge in [-0.2, -0.15) is 5.10 Å². The summed E-state index contributed by atoms with van der Waals surface area (Å²) in [5.41, 5.74) is 9.63. The van der Waals surface area contributed by atoms with Crippen LogP contribution in [0.1, 0.15) is 11.1 Å². The van der Waals surface area contributed by atoms with E-state index in [1.165, 1.54) is 4.68 Å². The fourth-order valence-corrected chi connectivity index (χ4v) is 1.78. The molecule has 0 saturated heterocycles. The molecule has 0 amide bonds. The molecule has 0 aliphatic rings. The molecule has 0 radical (unpaired) electrons. The molecule has 1 aromatic carbocycles. The lowest BCUT2D eigenvalue weighted by molar-refractivity contribution is 0.715. The summed E-state index contributed by atoms with van der Waals surface area (Å²) in [6, 6.07) is 7.75. The Morgan fingerprint density at radius 1 is 1.24 bits per heavy atom. The molecule has 0 atom stereocenters. The second-order valence-electron chi connectivity index (χ2n) is 4.23. The van der Waals surface area contributed by atoms with Gasteiger partial charge in [-0.1, -0.05) is 17.7 Å². The number of rotatable bonds is 1.